The molecule has 1 aromatic carbocycles. The van der Waals surface area contributed by atoms with Gasteiger partial charge in [-0.15, -0.1) is 10.2 Å². The molecule has 0 spiro atoms. The van der Waals surface area contributed by atoms with E-state index in [2.05, 4.69) is 20.7 Å². The first kappa shape index (κ1) is 24.8. The van der Waals surface area contributed by atoms with Gasteiger partial charge < -0.3 is 10.1 Å². The van der Waals surface area contributed by atoms with Gasteiger partial charge in [-0.1, -0.05) is 0 Å². The largest absolute Gasteiger partial charge is 0.416 e. The van der Waals surface area contributed by atoms with Crippen LogP contribution in [0.2, 0.25) is 0 Å². The summed E-state index contributed by atoms with van der Waals surface area (Å²) in [5.74, 6) is 0.0608. The van der Waals surface area contributed by atoms with E-state index in [0.717, 1.165) is 4.80 Å². The third-order valence-electron chi connectivity index (χ3n) is 6.30. The van der Waals surface area contributed by atoms with Crippen molar-refractivity contribution in [2.75, 3.05) is 0 Å². The molecule has 4 rings (SSSR count). The first-order valence-corrected chi connectivity index (χ1v) is 10.5. The molecule has 2 bridgehead atoms. The highest BCUT2D eigenvalue weighted by atomic mass is 19.4. The maximum absolute atomic E-state index is 13.1. The number of hydrogen-bond donors (Lipinski definition) is 1. The molecule has 6 nitrogen and oxygen atoms in total. The van der Waals surface area contributed by atoms with Gasteiger partial charge >= 0.3 is 12.4 Å². The van der Waals surface area contributed by atoms with Gasteiger partial charge in [0.1, 0.15) is 6.54 Å². The van der Waals surface area contributed by atoms with Crippen molar-refractivity contribution in [3.63, 3.8) is 0 Å². The van der Waals surface area contributed by atoms with E-state index in [1.54, 1.807) is 0 Å². The predicted molar refractivity (Wildman–Crippen MR) is 101 cm³/mol. The molecule has 188 valence electrons. The smallest absolute Gasteiger partial charge is 0.372 e. The molecule has 2 fully saturated rings. The molecule has 4 unspecified atom stereocenters. The molecule has 0 aliphatic carbocycles. The van der Waals surface area contributed by atoms with Gasteiger partial charge in [0, 0.05) is 17.5 Å². The Bertz CT molecular complexity index is 991. The van der Waals surface area contributed by atoms with Gasteiger partial charge in [-0.3, -0.25) is 0 Å². The van der Waals surface area contributed by atoms with Crippen molar-refractivity contribution in [3.05, 3.63) is 40.7 Å². The molecular formula is C20H21F8N5O. The number of hydrogen-bond acceptors (Lipinski definition) is 5. The van der Waals surface area contributed by atoms with Gasteiger partial charge in [-0.2, -0.15) is 31.1 Å². The van der Waals surface area contributed by atoms with Crippen LogP contribution in [-0.2, 0) is 30.2 Å². The van der Waals surface area contributed by atoms with Gasteiger partial charge in [0.15, 0.2) is 5.82 Å². The third-order valence-corrected chi connectivity index (χ3v) is 6.30. The van der Waals surface area contributed by atoms with Crippen molar-refractivity contribution in [3.8, 4) is 0 Å². The normalized spacial score (nSPS) is 27.5. The standard InChI is InChI=1S/C20H21F8N5O/c1-18-7-13(17-30-32-33(31-17)8-16(21)22)14(29-18)2-3-15(18)34-9-10-4-11(19(23,24)25)6-12(5-10)20(26,27)28/h4-6,13-16,29H,2-3,7-9H2,1H3. The average molecular weight is 499 g/mol. The lowest BCUT2D eigenvalue weighted by Gasteiger charge is -2.39. The Morgan fingerprint density at radius 3 is 2.32 bits per heavy atom. The van der Waals surface area contributed by atoms with E-state index in [-0.39, 0.29) is 23.6 Å². The van der Waals surface area contributed by atoms with E-state index < -0.39 is 54.7 Å². The number of ether oxygens (including phenoxy) is 1. The Balaban J connectivity index is 1.48. The summed E-state index contributed by atoms with van der Waals surface area (Å²) in [4.78, 5) is 0.824. The summed E-state index contributed by atoms with van der Waals surface area (Å²) in [5.41, 5.74) is -3.68. The van der Waals surface area contributed by atoms with Crippen LogP contribution in [0.15, 0.2) is 18.2 Å². The zero-order valence-corrected chi connectivity index (χ0v) is 17.8. The lowest BCUT2D eigenvalue weighted by atomic mass is 9.88. The minimum atomic E-state index is -4.94. The summed E-state index contributed by atoms with van der Waals surface area (Å²) in [6, 6.07) is 1.30. The molecule has 2 aromatic rings. The Morgan fingerprint density at radius 1 is 1.09 bits per heavy atom. The fraction of sp³-hybridized carbons (Fsp3) is 0.650. The fourth-order valence-electron chi connectivity index (χ4n) is 4.77. The van der Waals surface area contributed by atoms with Crippen LogP contribution in [0.3, 0.4) is 0 Å². The summed E-state index contributed by atoms with van der Waals surface area (Å²) in [7, 11) is 0. The van der Waals surface area contributed by atoms with Crippen molar-refractivity contribution < 1.29 is 39.9 Å². The average Bonchev–Trinajstić information content (AvgIpc) is 3.27. The van der Waals surface area contributed by atoms with Crippen molar-refractivity contribution in [1.82, 2.24) is 25.5 Å². The molecule has 0 radical (unpaired) electrons. The van der Waals surface area contributed by atoms with Crippen molar-refractivity contribution in [1.29, 1.82) is 0 Å². The summed E-state index contributed by atoms with van der Waals surface area (Å²) >= 11 is 0. The van der Waals surface area contributed by atoms with E-state index in [0.29, 0.717) is 37.2 Å². The number of piperidine rings is 1. The number of halogens is 8. The second kappa shape index (κ2) is 8.70. The molecular weight excluding hydrogens is 478 g/mol. The maximum Gasteiger partial charge on any atom is 0.416 e. The molecule has 14 heteroatoms. The second-order valence-electron chi connectivity index (χ2n) is 8.86. The molecule has 0 amide bonds. The second-order valence-corrected chi connectivity index (χ2v) is 8.86. The molecule has 1 N–H and O–H groups in total. The van der Waals surface area contributed by atoms with Crippen molar-refractivity contribution in [2.45, 2.75) is 81.7 Å². The third kappa shape index (κ3) is 5.16. The minimum Gasteiger partial charge on any atom is -0.372 e. The van der Waals surface area contributed by atoms with Crippen LogP contribution in [-0.4, -0.2) is 44.3 Å². The van der Waals surface area contributed by atoms with Crippen LogP contribution in [0.25, 0.3) is 0 Å². The van der Waals surface area contributed by atoms with Crippen LogP contribution >= 0.6 is 0 Å². The summed E-state index contributed by atoms with van der Waals surface area (Å²) in [6.45, 7) is 0.714. The molecule has 1 aromatic heterocycles. The van der Waals surface area contributed by atoms with E-state index in [1.807, 2.05) is 6.92 Å². The van der Waals surface area contributed by atoms with Crippen molar-refractivity contribution in [2.24, 2.45) is 0 Å². The van der Waals surface area contributed by atoms with Gasteiger partial charge in [-0.25, -0.2) is 8.78 Å². The fourth-order valence-corrected chi connectivity index (χ4v) is 4.77. The lowest BCUT2D eigenvalue weighted by molar-refractivity contribution is -0.143. The molecule has 2 saturated heterocycles. The van der Waals surface area contributed by atoms with E-state index in [1.165, 1.54) is 0 Å². The first-order chi connectivity index (χ1) is 15.7. The van der Waals surface area contributed by atoms with Gasteiger partial charge in [0.25, 0.3) is 6.43 Å². The van der Waals surface area contributed by atoms with Crippen LogP contribution in [0, 0.1) is 0 Å². The Labute approximate surface area is 188 Å². The predicted octanol–water partition coefficient (Wildman–Crippen LogP) is 4.56. The van der Waals surface area contributed by atoms with E-state index in [9.17, 15) is 35.1 Å². The van der Waals surface area contributed by atoms with Crippen LogP contribution in [0.4, 0.5) is 35.1 Å². The first-order valence-electron chi connectivity index (χ1n) is 10.5. The monoisotopic (exact) mass is 499 g/mol. The zero-order valence-electron chi connectivity index (χ0n) is 17.8. The van der Waals surface area contributed by atoms with Crippen LogP contribution in [0.1, 0.15) is 54.6 Å². The highest BCUT2D eigenvalue weighted by molar-refractivity contribution is 5.33. The number of nitrogens with one attached hydrogen (secondary N) is 1. The Hall–Kier alpha value is -2.35. The van der Waals surface area contributed by atoms with E-state index >= 15 is 0 Å². The topological polar surface area (TPSA) is 64.9 Å². The molecule has 34 heavy (non-hydrogen) atoms. The maximum atomic E-state index is 13.1. The highest BCUT2D eigenvalue weighted by Crippen LogP contribution is 2.45. The van der Waals surface area contributed by atoms with Gasteiger partial charge in [-0.05, 0) is 55.2 Å². The Kier molecular flexibility index (Phi) is 6.34. The zero-order chi connectivity index (χ0) is 24.9. The van der Waals surface area contributed by atoms with Crippen LogP contribution in [0.5, 0.6) is 0 Å². The van der Waals surface area contributed by atoms with Gasteiger partial charge in [0.05, 0.1) is 23.8 Å². The summed E-state index contributed by atoms with van der Waals surface area (Å²) in [6.07, 6.45) is -11.5. The van der Waals surface area contributed by atoms with Crippen LogP contribution < -0.4 is 5.32 Å². The number of tetrazole rings is 1. The molecule has 2 aliphatic rings. The minimum absolute atomic E-state index is 0.0767. The molecule has 2 aliphatic heterocycles. The molecule has 3 heterocycles. The van der Waals surface area contributed by atoms with Gasteiger partial charge in [0.2, 0.25) is 0 Å². The lowest BCUT2D eigenvalue weighted by Crippen LogP contribution is -2.54. The van der Waals surface area contributed by atoms with Crippen molar-refractivity contribution >= 4 is 0 Å². The number of nitrogens with zero attached hydrogens (tertiary/aromatic N) is 4. The number of fused-ring (bicyclic) bond motifs is 2. The SMILES string of the molecule is CC12CC(c3nnn(CC(F)F)n3)C(CCC1OCc1cc(C(F)(F)F)cc(C(F)(F)F)c1)N2. The number of rotatable bonds is 6. The van der Waals surface area contributed by atoms with E-state index in [4.69, 9.17) is 4.74 Å². The summed E-state index contributed by atoms with van der Waals surface area (Å²) in [5, 5.41) is 14.9. The molecule has 0 saturated carbocycles. The highest BCUT2D eigenvalue weighted by Gasteiger charge is 2.52. The number of benzene rings is 1. The quantitative estimate of drug-likeness (QED) is 0.591. The Morgan fingerprint density at radius 2 is 1.74 bits per heavy atom. The number of alkyl halides is 8. The number of aromatic nitrogens is 4. The molecule has 4 atom stereocenters. The summed E-state index contributed by atoms with van der Waals surface area (Å²) < 4.78 is 110.